The average molecular weight is 1810 g/mol. The Bertz CT molecular complexity index is 3500. The summed E-state index contributed by atoms with van der Waals surface area (Å²) in [6, 6.07) is -2.73. The second-order valence-electron chi connectivity index (χ2n) is 31.3. The molecule has 716 valence electrons. The number of aliphatic hydroxyl groups is 5. The topological polar surface area (TPSA) is 585 Å². The quantitative estimate of drug-likeness (QED) is 0.0185. The number of aromatic nitrogens is 9. The van der Waals surface area contributed by atoms with E-state index in [0.29, 0.717) is 135 Å². The standard InChI is InChI=1S/C78H131N15O33/c1-54(94)81-63-66(100)69(102)76(51-120-72(63)124-76)48-114-36-33-111-30-27-108-24-21-105-18-15-91-39-58(85-88-91)42-117-45-75(84-62(99)12-8-6-10-14-80-61(98)11-7-5-9-13-79,46-118-43-59-40-92(89-86-59)16-19-106-22-25-109-28-31-112-34-37-115-49-77-52-121-73(125-77)64(82-55(2)95)67(101)70(77)103)47-119-44-60-41-93(90-87-60)17-20-107-23-26-110-29-32-113-35-38-116-50-78-53-122-74(126-78)65(83-56(3)96)68(71(78)104)123-57(4)97/h39-41,63-74,100-104H,5-38,42-53,79H2,1-4H3,(H,80,98)(H,81,94)(H,82,95)(H,83,96)(H,84,99)/t63-,64-,65-,66-,67-,68-,69-,70-,71-,72+,73+,74+,76+,77+,78+/m1/s1. The highest BCUT2D eigenvalue weighted by atomic mass is 16.8. The summed E-state index contributed by atoms with van der Waals surface area (Å²) in [5.41, 5.74) is 1.91. The zero-order valence-corrected chi connectivity index (χ0v) is 72.5. The maximum Gasteiger partial charge on any atom is 0.303 e. The van der Waals surface area contributed by atoms with Gasteiger partial charge in [0, 0.05) is 47.1 Å². The number of carbonyl (C=O) groups excluding carboxylic acids is 6. The van der Waals surface area contributed by atoms with Gasteiger partial charge in [-0.3, -0.25) is 28.8 Å². The Kier molecular flexibility index (Phi) is 45.2. The van der Waals surface area contributed by atoms with Gasteiger partial charge in [0.15, 0.2) is 25.0 Å². The van der Waals surface area contributed by atoms with Gasteiger partial charge in [0.25, 0.3) is 0 Å². The van der Waals surface area contributed by atoms with Crippen LogP contribution in [0.3, 0.4) is 0 Å². The van der Waals surface area contributed by atoms with Crippen LogP contribution in [0.1, 0.15) is 96.1 Å². The molecule has 0 radical (unpaired) electrons. The molecule has 3 aromatic rings. The molecule has 12 N–H and O–H groups in total. The lowest BCUT2D eigenvalue weighted by atomic mass is 9.88. The average Bonchev–Trinajstić information content (AvgIpc) is 1.68. The van der Waals surface area contributed by atoms with E-state index in [0.717, 1.165) is 19.3 Å². The maximum atomic E-state index is 14.2. The highest BCUT2D eigenvalue weighted by molar-refractivity contribution is 5.77. The summed E-state index contributed by atoms with van der Waals surface area (Å²) in [6.07, 6.45) is -0.431. The molecule has 6 aliphatic heterocycles. The van der Waals surface area contributed by atoms with Crippen molar-refractivity contribution in [2.75, 3.05) is 211 Å². The van der Waals surface area contributed by atoms with Crippen molar-refractivity contribution in [2.45, 2.75) is 214 Å². The van der Waals surface area contributed by atoms with Crippen LogP contribution < -0.4 is 32.3 Å². The third kappa shape index (κ3) is 34.1. The molecule has 0 aliphatic carbocycles. The molecule has 48 heteroatoms. The van der Waals surface area contributed by atoms with E-state index in [1.807, 2.05) is 0 Å². The monoisotopic (exact) mass is 1810 g/mol. The largest absolute Gasteiger partial charge is 0.457 e. The number of nitrogens with one attached hydrogen (secondary N) is 5. The summed E-state index contributed by atoms with van der Waals surface area (Å²) >= 11 is 0. The number of nitrogens with zero attached hydrogens (tertiary/aromatic N) is 9. The number of carbonyl (C=O) groups is 6. The van der Waals surface area contributed by atoms with Crippen LogP contribution in [0.25, 0.3) is 0 Å². The molecule has 3 aromatic heterocycles. The van der Waals surface area contributed by atoms with E-state index in [4.69, 9.17) is 110 Å². The number of unbranched alkanes of at least 4 members (excludes halogenated alkanes) is 4. The number of hydrogen-bond donors (Lipinski definition) is 11. The summed E-state index contributed by atoms with van der Waals surface area (Å²) < 4.78 is 133. The van der Waals surface area contributed by atoms with Gasteiger partial charge in [-0.1, -0.05) is 28.5 Å². The van der Waals surface area contributed by atoms with Crippen LogP contribution in [0.4, 0.5) is 0 Å². The Hall–Kier alpha value is -6.84. The van der Waals surface area contributed by atoms with Crippen molar-refractivity contribution >= 4 is 35.5 Å². The molecule has 0 saturated carbocycles. The molecule has 6 fully saturated rings. The molecule has 0 spiro atoms. The lowest BCUT2D eigenvalue weighted by molar-refractivity contribution is -0.244. The van der Waals surface area contributed by atoms with Gasteiger partial charge in [-0.15, -0.1) is 15.3 Å². The number of ether oxygens (including phenoxy) is 22. The van der Waals surface area contributed by atoms with E-state index in [9.17, 15) is 54.3 Å². The van der Waals surface area contributed by atoms with Gasteiger partial charge >= 0.3 is 5.97 Å². The molecule has 126 heavy (non-hydrogen) atoms. The minimum absolute atomic E-state index is 0.0155. The summed E-state index contributed by atoms with van der Waals surface area (Å²) in [4.78, 5) is 73.5. The normalized spacial score (nSPS) is 25.9. The molecule has 15 atom stereocenters. The zero-order chi connectivity index (χ0) is 89.8. The van der Waals surface area contributed by atoms with E-state index in [1.54, 1.807) is 32.6 Å². The van der Waals surface area contributed by atoms with Gasteiger partial charge in [0.1, 0.15) is 88.1 Å². The van der Waals surface area contributed by atoms with Crippen molar-refractivity contribution in [3.63, 3.8) is 0 Å². The molecule has 6 bridgehead atoms. The van der Waals surface area contributed by atoms with Crippen molar-refractivity contribution in [3.8, 4) is 0 Å². The molecule has 0 aromatic carbocycles. The molecule has 0 unspecified atom stereocenters. The molecule has 9 heterocycles. The molecular weight excluding hydrogens is 1670 g/mol. The van der Waals surface area contributed by atoms with Crippen LogP contribution in [0.2, 0.25) is 0 Å². The highest BCUT2D eigenvalue weighted by Gasteiger charge is 2.63. The number of amides is 5. The van der Waals surface area contributed by atoms with Crippen LogP contribution in [0, 0.1) is 0 Å². The fourth-order valence-electron chi connectivity index (χ4n) is 14.4. The number of rotatable bonds is 70. The van der Waals surface area contributed by atoms with Crippen molar-refractivity contribution < 1.29 is 159 Å². The van der Waals surface area contributed by atoms with Crippen molar-refractivity contribution in [1.29, 1.82) is 0 Å². The first kappa shape index (κ1) is 103. The van der Waals surface area contributed by atoms with Crippen LogP contribution in [-0.2, 0) is 172 Å². The SMILES string of the molecule is CC(=O)N[C@H]1[C@H]2OC[C@](COCCOCCOCCOCCn3cc(COCC(COCc4cn(CCOCCOCCOCCOC[C@@]56CO[C@@H](O5)[C@H](NC(C)=O)[C@@H](O)[C@H]6O)nn4)(COCc4cn(CCOCCOCCOCCOC[C@@]56CO[C@@H](O5)[C@H](NC(C)=O)[C@@H](OC(C)=O)[C@H]6O)nn4)NC(=O)CCCCCNC(=O)CCCCCN)nn3)(O2)[C@H](O)[C@@H]1O. The first-order valence-electron chi connectivity index (χ1n) is 42.9. The molecule has 9 rings (SSSR count). The summed E-state index contributed by atoms with van der Waals surface area (Å²) in [5, 5.41) is 93.7. The van der Waals surface area contributed by atoms with Crippen molar-refractivity contribution in [3.05, 3.63) is 35.7 Å². The van der Waals surface area contributed by atoms with Crippen molar-refractivity contribution in [2.24, 2.45) is 5.73 Å². The third-order valence-corrected chi connectivity index (χ3v) is 20.8. The summed E-state index contributed by atoms with van der Waals surface area (Å²) in [5.74, 6) is -2.15. The fraction of sp³-hybridized carbons (Fsp3) is 0.846. The Balaban J connectivity index is 0.697. The Morgan fingerprint density at radius 2 is 0.746 bits per heavy atom. The Labute approximate surface area is 730 Å². The first-order valence-corrected chi connectivity index (χ1v) is 42.9. The third-order valence-electron chi connectivity index (χ3n) is 20.8. The molecule has 48 nitrogen and oxygen atoms in total. The van der Waals surface area contributed by atoms with Gasteiger partial charge in [-0.05, 0) is 32.2 Å². The summed E-state index contributed by atoms with van der Waals surface area (Å²) in [6.45, 7) is 12.1. The van der Waals surface area contributed by atoms with Gasteiger partial charge < -0.3 is 162 Å². The minimum atomic E-state index is -1.35. The smallest absolute Gasteiger partial charge is 0.303 e. The number of hydrogen-bond acceptors (Lipinski definition) is 40. The predicted octanol–water partition coefficient (Wildman–Crippen LogP) is -5.71. The molecular formula is C78H131N15O33. The number of nitrogens with two attached hydrogens (primary N) is 1. The first-order chi connectivity index (χ1) is 61.0. The van der Waals surface area contributed by atoms with E-state index < -0.39 is 120 Å². The fourth-order valence-corrected chi connectivity index (χ4v) is 14.4. The van der Waals surface area contributed by atoms with Crippen molar-refractivity contribution in [1.82, 2.24) is 71.6 Å². The van der Waals surface area contributed by atoms with Gasteiger partial charge in [0.05, 0.1) is 256 Å². The Morgan fingerprint density at radius 3 is 1.10 bits per heavy atom. The summed E-state index contributed by atoms with van der Waals surface area (Å²) in [7, 11) is 0. The number of esters is 1. The molecule has 6 saturated heterocycles. The zero-order valence-electron chi connectivity index (χ0n) is 72.5. The molecule has 6 aliphatic rings. The van der Waals surface area contributed by atoms with E-state index in [1.165, 1.54) is 27.7 Å². The van der Waals surface area contributed by atoms with Crippen LogP contribution >= 0.6 is 0 Å². The Morgan fingerprint density at radius 1 is 0.421 bits per heavy atom. The lowest BCUT2D eigenvalue weighted by Gasteiger charge is -2.43. The van der Waals surface area contributed by atoms with Gasteiger partial charge in [-0.25, -0.2) is 14.0 Å². The van der Waals surface area contributed by atoms with Gasteiger partial charge in [0.2, 0.25) is 29.5 Å². The molecule has 5 amide bonds. The van der Waals surface area contributed by atoms with Crippen LogP contribution in [-0.4, -0.2) is 413 Å². The predicted molar refractivity (Wildman–Crippen MR) is 428 cm³/mol. The maximum absolute atomic E-state index is 14.2. The minimum Gasteiger partial charge on any atom is -0.457 e. The van der Waals surface area contributed by atoms with E-state index >= 15 is 0 Å². The van der Waals surface area contributed by atoms with E-state index in [2.05, 4.69) is 57.5 Å². The second-order valence-corrected chi connectivity index (χ2v) is 31.3. The lowest BCUT2D eigenvalue weighted by Crippen LogP contribution is -2.67. The highest BCUT2D eigenvalue weighted by Crippen LogP contribution is 2.41. The van der Waals surface area contributed by atoms with Crippen LogP contribution in [0.15, 0.2) is 18.6 Å². The number of fused-ring (bicyclic) bond motifs is 6. The number of aliphatic hydroxyl groups excluding tert-OH is 5. The van der Waals surface area contributed by atoms with E-state index in [-0.39, 0.29) is 177 Å². The second kappa shape index (κ2) is 55.4. The van der Waals surface area contributed by atoms with Gasteiger partial charge in [-0.2, -0.15) is 0 Å². The van der Waals surface area contributed by atoms with Crippen LogP contribution in [0.5, 0.6) is 0 Å².